The van der Waals surface area contributed by atoms with Crippen molar-refractivity contribution in [3.05, 3.63) is 67.3 Å². The van der Waals surface area contributed by atoms with Crippen molar-refractivity contribution in [2.24, 2.45) is 5.92 Å². The normalized spacial score (nSPS) is 10.8. The number of carbonyl (C=O) groups excluding carboxylic acids is 1. The summed E-state index contributed by atoms with van der Waals surface area (Å²) in [5.74, 6) is 2.18. The van der Waals surface area contributed by atoms with Crippen molar-refractivity contribution >= 4 is 23.4 Å². The zero-order valence-electron chi connectivity index (χ0n) is 17.2. The first-order chi connectivity index (χ1) is 14.6. The summed E-state index contributed by atoms with van der Waals surface area (Å²) in [7, 11) is 0. The van der Waals surface area contributed by atoms with E-state index in [1.807, 2.05) is 59.2 Å². The highest BCUT2D eigenvalue weighted by atomic mass is 32.2. The average molecular weight is 423 g/mol. The molecule has 1 N–H and O–H groups in total. The fraction of sp³-hybridized carbons (Fsp3) is 0.261. The number of amides is 1. The Morgan fingerprint density at radius 3 is 2.57 bits per heavy atom. The number of para-hydroxylation sites is 1. The van der Waals surface area contributed by atoms with E-state index in [0.717, 1.165) is 22.8 Å². The third kappa shape index (κ3) is 5.97. The highest BCUT2D eigenvalue weighted by Crippen LogP contribution is 2.26. The molecule has 1 heterocycles. The van der Waals surface area contributed by atoms with E-state index in [9.17, 15) is 4.79 Å². The van der Waals surface area contributed by atoms with Gasteiger partial charge in [0, 0.05) is 17.8 Å². The molecule has 0 atom stereocenters. The van der Waals surface area contributed by atoms with E-state index in [0.29, 0.717) is 24.2 Å². The third-order valence-corrected chi connectivity index (χ3v) is 5.08. The van der Waals surface area contributed by atoms with Crippen molar-refractivity contribution in [2.45, 2.75) is 25.5 Å². The Kier molecular flexibility index (Phi) is 7.68. The molecule has 0 aliphatic carbocycles. The van der Waals surface area contributed by atoms with Crippen LogP contribution in [0.15, 0.2) is 72.4 Å². The van der Waals surface area contributed by atoms with Gasteiger partial charge in [0.05, 0.1) is 12.4 Å². The molecule has 0 spiro atoms. The summed E-state index contributed by atoms with van der Waals surface area (Å²) in [4.78, 5) is 12.3. The first kappa shape index (κ1) is 21.6. The van der Waals surface area contributed by atoms with Crippen LogP contribution in [0.1, 0.15) is 13.8 Å². The lowest BCUT2D eigenvalue weighted by Gasteiger charge is -2.10. The Balaban J connectivity index is 1.68. The largest absolute Gasteiger partial charge is 0.493 e. The van der Waals surface area contributed by atoms with Gasteiger partial charge in [0.15, 0.2) is 11.0 Å². The van der Waals surface area contributed by atoms with E-state index in [2.05, 4.69) is 35.9 Å². The van der Waals surface area contributed by atoms with Crippen LogP contribution in [0.2, 0.25) is 0 Å². The molecule has 1 amide bonds. The van der Waals surface area contributed by atoms with E-state index >= 15 is 0 Å². The molecule has 30 heavy (non-hydrogen) atoms. The fourth-order valence-corrected chi connectivity index (χ4v) is 3.46. The van der Waals surface area contributed by atoms with E-state index in [4.69, 9.17) is 4.74 Å². The number of hydrogen-bond donors (Lipinski definition) is 1. The van der Waals surface area contributed by atoms with E-state index in [-0.39, 0.29) is 11.7 Å². The van der Waals surface area contributed by atoms with Crippen molar-refractivity contribution in [3.8, 4) is 17.1 Å². The summed E-state index contributed by atoms with van der Waals surface area (Å²) < 4.78 is 7.70. The number of ether oxygens (including phenoxy) is 1. The number of benzene rings is 2. The topological polar surface area (TPSA) is 69.0 Å². The van der Waals surface area contributed by atoms with Crippen LogP contribution < -0.4 is 10.1 Å². The molecule has 156 valence electrons. The molecule has 0 aliphatic heterocycles. The lowest BCUT2D eigenvalue weighted by Crippen LogP contribution is -2.14. The van der Waals surface area contributed by atoms with Crippen LogP contribution in [0.25, 0.3) is 11.4 Å². The van der Waals surface area contributed by atoms with Crippen LogP contribution >= 0.6 is 11.8 Å². The minimum Gasteiger partial charge on any atom is -0.493 e. The molecule has 2 aromatic carbocycles. The van der Waals surface area contributed by atoms with Gasteiger partial charge in [-0.05, 0) is 42.3 Å². The highest BCUT2D eigenvalue weighted by Gasteiger charge is 2.15. The van der Waals surface area contributed by atoms with Crippen molar-refractivity contribution in [3.63, 3.8) is 0 Å². The van der Waals surface area contributed by atoms with E-state index in [1.165, 1.54) is 11.8 Å². The van der Waals surface area contributed by atoms with Gasteiger partial charge in [-0.25, -0.2) is 0 Å². The van der Waals surface area contributed by atoms with Gasteiger partial charge in [-0.1, -0.05) is 49.9 Å². The van der Waals surface area contributed by atoms with E-state index in [1.54, 1.807) is 6.08 Å². The van der Waals surface area contributed by atoms with Crippen molar-refractivity contribution < 1.29 is 9.53 Å². The van der Waals surface area contributed by atoms with Gasteiger partial charge in [-0.15, -0.1) is 16.8 Å². The van der Waals surface area contributed by atoms with E-state index < -0.39 is 0 Å². The zero-order valence-corrected chi connectivity index (χ0v) is 18.1. The number of nitrogens with zero attached hydrogens (tertiary/aromatic N) is 3. The molecule has 7 heteroatoms. The number of anilines is 1. The van der Waals surface area contributed by atoms with Gasteiger partial charge in [-0.3, -0.25) is 9.36 Å². The van der Waals surface area contributed by atoms with Gasteiger partial charge in [0.2, 0.25) is 5.91 Å². The Labute approximate surface area is 181 Å². The Bertz CT molecular complexity index is 969. The SMILES string of the molecule is C=CCn1c(SCC(=O)Nc2ccccc2)nnc1-c1ccc(OCC(C)C)cc1. The molecule has 0 unspecified atom stereocenters. The first-order valence-electron chi connectivity index (χ1n) is 9.82. The van der Waals surface area contributed by atoms with Crippen LogP contribution in [0.5, 0.6) is 5.75 Å². The van der Waals surface area contributed by atoms with Crippen molar-refractivity contribution in [1.82, 2.24) is 14.8 Å². The molecule has 0 radical (unpaired) electrons. The Morgan fingerprint density at radius 2 is 1.90 bits per heavy atom. The minimum atomic E-state index is -0.0902. The number of rotatable bonds is 10. The number of nitrogens with one attached hydrogen (secondary N) is 1. The second-order valence-electron chi connectivity index (χ2n) is 7.14. The maximum atomic E-state index is 12.3. The lowest BCUT2D eigenvalue weighted by atomic mass is 10.2. The van der Waals surface area contributed by atoms with Gasteiger partial charge in [-0.2, -0.15) is 0 Å². The molecule has 0 fully saturated rings. The maximum Gasteiger partial charge on any atom is 0.234 e. The summed E-state index contributed by atoms with van der Waals surface area (Å²) in [6.45, 7) is 9.30. The standard InChI is InChI=1S/C23H26N4O2S/c1-4-14-27-22(18-10-12-20(13-11-18)29-15-17(2)3)25-26-23(27)30-16-21(28)24-19-8-6-5-7-9-19/h4-13,17H,1,14-16H2,2-3H3,(H,24,28). The molecule has 0 aliphatic rings. The summed E-state index contributed by atoms with van der Waals surface area (Å²) in [5.41, 5.74) is 1.71. The van der Waals surface area contributed by atoms with Crippen molar-refractivity contribution in [2.75, 3.05) is 17.7 Å². The van der Waals surface area contributed by atoms with Crippen LogP contribution in [-0.2, 0) is 11.3 Å². The Hall–Kier alpha value is -3.06. The third-order valence-electron chi connectivity index (χ3n) is 4.11. The summed E-state index contributed by atoms with van der Waals surface area (Å²) in [5, 5.41) is 12.2. The predicted octanol–water partition coefficient (Wildman–Crippen LogP) is 4.90. The molecule has 0 saturated carbocycles. The van der Waals surface area contributed by atoms with Gasteiger partial charge < -0.3 is 10.1 Å². The zero-order chi connectivity index (χ0) is 21.3. The molecule has 0 bridgehead atoms. The number of aromatic nitrogens is 3. The van der Waals surface area contributed by atoms with Crippen LogP contribution in [-0.4, -0.2) is 33.0 Å². The molecule has 0 saturated heterocycles. The number of hydrogen-bond acceptors (Lipinski definition) is 5. The highest BCUT2D eigenvalue weighted by molar-refractivity contribution is 7.99. The maximum absolute atomic E-state index is 12.3. The van der Waals surface area contributed by atoms with Gasteiger partial charge in [0.25, 0.3) is 0 Å². The molecule has 3 aromatic rings. The van der Waals surface area contributed by atoms with Crippen LogP contribution in [0.3, 0.4) is 0 Å². The summed E-state index contributed by atoms with van der Waals surface area (Å²) in [6, 6.07) is 17.2. The quantitative estimate of drug-likeness (QED) is 0.372. The monoisotopic (exact) mass is 422 g/mol. The molecular weight excluding hydrogens is 396 g/mol. The smallest absolute Gasteiger partial charge is 0.234 e. The summed E-state index contributed by atoms with van der Waals surface area (Å²) in [6.07, 6.45) is 1.79. The van der Waals surface area contributed by atoms with Gasteiger partial charge in [0.1, 0.15) is 5.75 Å². The number of allylic oxidation sites excluding steroid dienone is 1. The minimum absolute atomic E-state index is 0.0902. The second kappa shape index (κ2) is 10.6. The van der Waals surface area contributed by atoms with Crippen LogP contribution in [0, 0.1) is 5.92 Å². The predicted molar refractivity (Wildman–Crippen MR) is 122 cm³/mol. The Morgan fingerprint density at radius 1 is 1.17 bits per heavy atom. The molecule has 3 rings (SSSR count). The first-order valence-corrected chi connectivity index (χ1v) is 10.8. The number of thioether (sulfide) groups is 1. The molecule has 1 aromatic heterocycles. The number of carbonyl (C=O) groups is 1. The van der Waals surface area contributed by atoms with Crippen molar-refractivity contribution in [1.29, 1.82) is 0 Å². The lowest BCUT2D eigenvalue weighted by molar-refractivity contribution is -0.113. The summed E-state index contributed by atoms with van der Waals surface area (Å²) >= 11 is 1.35. The average Bonchev–Trinajstić information content (AvgIpc) is 3.15. The molecular formula is C23H26N4O2S. The van der Waals surface area contributed by atoms with Crippen LogP contribution in [0.4, 0.5) is 5.69 Å². The fourth-order valence-electron chi connectivity index (χ4n) is 2.71. The molecule has 6 nitrogen and oxygen atoms in total. The van der Waals surface area contributed by atoms with Gasteiger partial charge >= 0.3 is 0 Å². The second-order valence-corrected chi connectivity index (χ2v) is 8.08.